The Kier molecular flexibility index (Phi) is 5.54. The zero-order chi connectivity index (χ0) is 19.5. The highest BCUT2D eigenvalue weighted by Gasteiger charge is 2.30. The fourth-order valence-corrected chi connectivity index (χ4v) is 4.02. The molecule has 2 aromatic rings. The largest absolute Gasteiger partial charge is 0.416 e. The van der Waals surface area contributed by atoms with Crippen molar-refractivity contribution >= 4 is 21.7 Å². The number of alkyl halides is 3. The standard InChI is InChI=1S/C17H19F3N4O2S/c18-17(19,20)14-6-4-13(5-7-14)12-27(25,26)23-15-10-21-16(22-11-15)24-8-2-1-3-9-24/h4-7,10-11,23H,1-3,8-9,12H2. The van der Waals surface area contributed by atoms with Crippen LogP contribution in [0, 0.1) is 0 Å². The van der Waals surface area contributed by atoms with Crippen LogP contribution in [0.1, 0.15) is 30.4 Å². The van der Waals surface area contributed by atoms with E-state index in [2.05, 4.69) is 14.7 Å². The van der Waals surface area contributed by atoms with Crippen LogP contribution < -0.4 is 9.62 Å². The van der Waals surface area contributed by atoms with E-state index in [-0.39, 0.29) is 11.3 Å². The molecule has 6 nitrogen and oxygen atoms in total. The van der Waals surface area contributed by atoms with Gasteiger partial charge in [0.15, 0.2) is 0 Å². The second-order valence-corrected chi connectivity index (χ2v) is 8.10. The van der Waals surface area contributed by atoms with Crippen molar-refractivity contribution in [2.45, 2.75) is 31.2 Å². The first kappa shape index (κ1) is 19.4. The Morgan fingerprint density at radius 3 is 2.15 bits per heavy atom. The number of anilines is 2. The maximum atomic E-state index is 12.6. The summed E-state index contributed by atoms with van der Waals surface area (Å²) in [7, 11) is -3.80. The summed E-state index contributed by atoms with van der Waals surface area (Å²) < 4.78 is 64.5. The predicted molar refractivity (Wildman–Crippen MR) is 95.8 cm³/mol. The first-order valence-electron chi connectivity index (χ1n) is 8.47. The van der Waals surface area contributed by atoms with Crippen LogP contribution >= 0.6 is 0 Å². The van der Waals surface area contributed by atoms with Crippen LogP contribution in [-0.4, -0.2) is 31.5 Å². The highest BCUT2D eigenvalue weighted by molar-refractivity contribution is 7.91. The molecule has 0 amide bonds. The molecule has 0 unspecified atom stereocenters. The molecule has 1 N–H and O–H groups in total. The lowest BCUT2D eigenvalue weighted by atomic mass is 10.1. The maximum Gasteiger partial charge on any atom is 0.416 e. The summed E-state index contributed by atoms with van der Waals surface area (Å²) in [6.07, 6.45) is 1.65. The molecule has 1 aliphatic heterocycles. The van der Waals surface area contributed by atoms with Gasteiger partial charge in [0, 0.05) is 13.1 Å². The average molecular weight is 400 g/mol. The molecule has 1 saturated heterocycles. The number of nitrogens with zero attached hydrogens (tertiary/aromatic N) is 3. The molecular weight excluding hydrogens is 381 g/mol. The number of piperidine rings is 1. The fraction of sp³-hybridized carbons (Fsp3) is 0.412. The lowest BCUT2D eigenvalue weighted by molar-refractivity contribution is -0.137. The molecule has 27 heavy (non-hydrogen) atoms. The van der Waals surface area contributed by atoms with E-state index in [0.717, 1.165) is 50.2 Å². The molecule has 10 heteroatoms. The summed E-state index contributed by atoms with van der Waals surface area (Å²) in [6, 6.07) is 4.03. The Morgan fingerprint density at radius 2 is 1.59 bits per heavy atom. The Hall–Kier alpha value is -2.36. The van der Waals surface area contributed by atoms with Crippen molar-refractivity contribution in [3.8, 4) is 0 Å². The summed E-state index contributed by atoms with van der Waals surface area (Å²) in [5, 5.41) is 0. The second kappa shape index (κ2) is 7.71. The van der Waals surface area contributed by atoms with Gasteiger partial charge >= 0.3 is 6.18 Å². The van der Waals surface area contributed by atoms with Crippen molar-refractivity contribution in [1.29, 1.82) is 0 Å². The van der Waals surface area contributed by atoms with Gasteiger partial charge in [-0.2, -0.15) is 13.2 Å². The number of aromatic nitrogens is 2. The number of benzene rings is 1. The minimum atomic E-state index is -4.46. The molecule has 1 aromatic heterocycles. The van der Waals surface area contributed by atoms with Gasteiger partial charge in [-0.05, 0) is 37.0 Å². The highest BCUT2D eigenvalue weighted by Crippen LogP contribution is 2.29. The number of hydrogen-bond donors (Lipinski definition) is 1. The van der Waals surface area contributed by atoms with Crippen molar-refractivity contribution in [2.75, 3.05) is 22.7 Å². The van der Waals surface area contributed by atoms with E-state index in [1.165, 1.54) is 18.8 Å². The Labute approximate surface area is 155 Å². The number of hydrogen-bond acceptors (Lipinski definition) is 5. The number of rotatable bonds is 5. The fourth-order valence-electron chi connectivity index (χ4n) is 2.86. The number of nitrogens with one attached hydrogen (secondary N) is 1. The van der Waals surface area contributed by atoms with Crippen molar-refractivity contribution in [2.24, 2.45) is 0 Å². The smallest absolute Gasteiger partial charge is 0.341 e. The minimum Gasteiger partial charge on any atom is -0.341 e. The molecule has 3 rings (SSSR count). The number of halogens is 3. The molecule has 0 atom stereocenters. The third-order valence-corrected chi connectivity index (χ3v) is 5.45. The minimum absolute atomic E-state index is 0.211. The van der Waals surface area contributed by atoms with Gasteiger partial charge in [-0.3, -0.25) is 4.72 Å². The van der Waals surface area contributed by atoms with Crippen LogP contribution in [0.4, 0.5) is 24.8 Å². The van der Waals surface area contributed by atoms with Gasteiger partial charge in [-0.15, -0.1) is 0 Å². The topological polar surface area (TPSA) is 75.2 Å². The third-order valence-electron chi connectivity index (χ3n) is 4.19. The van der Waals surface area contributed by atoms with E-state index < -0.39 is 27.5 Å². The van der Waals surface area contributed by atoms with Gasteiger partial charge in [0.2, 0.25) is 16.0 Å². The van der Waals surface area contributed by atoms with Gasteiger partial charge in [0.25, 0.3) is 0 Å². The average Bonchev–Trinajstić information content (AvgIpc) is 2.62. The first-order chi connectivity index (χ1) is 12.7. The lowest BCUT2D eigenvalue weighted by Crippen LogP contribution is -2.30. The molecule has 1 aliphatic rings. The summed E-state index contributed by atoms with van der Waals surface area (Å²) >= 11 is 0. The molecule has 1 aromatic carbocycles. The van der Waals surface area contributed by atoms with Gasteiger partial charge in [0.05, 0.1) is 29.4 Å². The van der Waals surface area contributed by atoms with Crippen LogP contribution in [0.15, 0.2) is 36.7 Å². The molecule has 0 saturated carbocycles. The highest BCUT2D eigenvalue weighted by atomic mass is 32.2. The van der Waals surface area contributed by atoms with E-state index in [1.807, 2.05) is 4.90 Å². The second-order valence-electron chi connectivity index (χ2n) is 6.38. The maximum absolute atomic E-state index is 12.6. The molecule has 0 aliphatic carbocycles. The van der Waals surface area contributed by atoms with Gasteiger partial charge in [0.1, 0.15) is 0 Å². The van der Waals surface area contributed by atoms with Crippen molar-refractivity contribution in [3.63, 3.8) is 0 Å². The van der Waals surface area contributed by atoms with Crippen molar-refractivity contribution in [1.82, 2.24) is 9.97 Å². The zero-order valence-corrected chi connectivity index (χ0v) is 15.2. The molecule has 146 valence electrons. The molecular formula is C17H19F3N4O2S. The monoisotopic (exact) mass is 400 g/mol. The zero-order valence-electron chi connectivity index (χ0n) is 14.4. The Bertz CT molecular complexity index is 863. The van der Waals surface area contributed by atoms with Gasteiger partial charge < -0.3 is 4.90 Å². The van der Waals surface area contributed by atoms with Crippen molar-refractivity contribution in [3.05, 3.63) is 47.8 Å². The summed E-state index contributed by atoms with van der Waals surface area (Å²) in [6.45, 7) is 1.75. The van der Waals surface area contributed by atoms with Gasteiger partial charge in [-0.1, -0.05) is 12.1 Å². The quantitative estimate of drug-likeness (QED) is 0.832. The van der Waals surface area contributed by atoms with E-state index in [4.69, 9.17) is 0 Å². The van der Waals surface area contributed by atoms with Crippen LogP contribution in [-0.2, 0) is 22.0 Å². The van der Waals surface area contributed by atoms with Crippen LogP contribution in [0.5, 0.6) is 0 Å². The molecule has 1 fully saturated rings. The molecule has 0 bridgehead atoms. The molecule has 0 spiro atoms. The Balaban J connectivity index is 1.63. The third kappa shape index (κ3) is 5.31. The van der Waals surface area contributed by atoms with E-state index in [9.17, 15) is 21.6 Å². The van der Waals surface area contributed by atoms with E-state index >= 15 is 0 Å². The number of sulfonamides is 1. The first-order valence-corrected chi connectivity index (χ1v) is 10.1. The SMILES string of the molecule is O=S(=O)(Cc1ccc(C(F)(F)F)cc1)Nc1cnc(N2CCCCC2)nc1. The van der Waals surface area contributed by atoms with Crippen LogP contribution in [0.3, 0.4) is 0 Å². The predicted octanol–water partition coefficient (Wildman–Crippen LogP) is 3.43. The van der Waals surface area contributed by atoms with Crippen molar-refractivity contribution < 1.29 is 21.6 Å². The van der Waals surface area contributed by atoms with E-state index in [0.29, 0.717) is 5.95 Å². The van der Waals surface area contributed by atoms with Crippen LogP contribution in [0.2, 0.25) is 0 Å². The summed E-state index contributed by atoms with van der Waals surface area (Å²) in [4.78, 5) is 10.4. The molecule has 2 heterocycles. The summed E-state index contributed by atoms with van der Waals surface area (Å²) in [5.41, 5.74) is -0.359. The lowest BCUT2D eigenvalue weighted by Gasteiger charge is -2.26. The van der Waals surface area contributed by atoms with Gasteiger partial charge in [-0.25, -0.2) is 18.4 Å². The summed E-state index contributed by atoms with van der Waals surface area (Å²) in [5.74, 6) is 0.110. The van der Waals surface area contributed by atoms with E-state index in [1.54, 1.807) is 0 Å². The normalized spacial score (nSPS) is 15.6. The Morgan fingerprint density at radius 1 is 1.00 bits per heavy atom. The van der Waals surface area contributed by atoms with Crippen LogP contribution in [0.25, 0.3) is 0 Å². The molecule has 0 radical (unpaired) electrons.